The quantitative estimate of drug-likeness (QED) is 0.658. The summed E-state index contributed by atoms with van der Waals surface area (Å²) in [5, 5.41) is 3.46. The van der Waals surface area contributed by atoms with Crippen molar-refractivity contribution >= 4 is 0 Å². The maximum atomic E-state index is 5.43. The molecule has 0 radical (unpaired) electrons. The van der Waals surface area contributed by atoms with Crippen molar-refractivity contribution in [3.05, 3.63) is 0 Å². The Kier molecular flexibility index (Phi) is 3.53. The second-order valence-electron chi connectivity index (χ2n) is 4.08. The molecular weight excluding hydrogens is 150 g/mol. The standard InChI is InChI=1S/C10H21NO/c1-4-10(2,12-3)8-11-7-9-5-6-9/h9,11H,4-8H2,1-3H3. The first-order valence-electron chi connectivity index (χ1n) is 4.96. The molecule has 0 bridgehead atoms. The second-order valence-corrected chi connectivity index (χ2v) is 4.08. The minimum Gasteiger partial charge on any atom is -0.377 e. The van der Waals surface area contributed by atoms with E-state index in [-0.39, 0.29) is 5.60 Å². The highest BCUT2D eigenvalue weighted by atomic mass is 16.5. The fourth-order valence-electron chi connectivity index (χ4n) is 1.20. The Hall–Kier alpha value is -0.0800. The third kappa shape index (κ3) is 3.11. The normalized spacial score (nSPS) is 22.2. The average molecular weight is 171 g/mol. The van der Waals surface area contributed by atoms with Gasteiger partial charge in [-0.1, -0.05) is 6.92 Å². The zero-order chi connectivity index (χ0) is 9.03. The van der Waals surface area contributed by atoms with Crippen LogP contribution in [-0.4, -0.2) is 25.8 Å². The van der Waals surface area contributed by atoms with Crippen LogP contribution in [0.4, 0.5) is 0 Å². The van der Waals surface area contributed by atoms with Gasteiger partial charge in [-0.2, -0.15) is 0 Å². The van der Waals surface area contributed by atoms with Crippen molar-refractivity contribution in [1.29, 1.82) is 0 Å². The van der Waals surface area contributed by atoms with E-state index in [9.17, 15) is 0 Å². The monoisotopic (exact) mass is 171 g/mol. The Labute approximate surface area is 75.7 Å². The molecule has 2 nitrogen and oxygen atoms in total. The Bertz CT molecular complexity index is 128. The number of methoxy groups -OCH3 is 1. The molecule has 72 valence electrons. The van der Waals surface area contributed by atoms with Gasteiger partial charge in [0.2, 0.25) is 0 Å². The molecule has 0 amide bonds. The van der Waals surface area contributed by atoms with Crippen LogP contribution in [0.2, 0.25) is 0 Å². The summed E-state index contributed by atoms with van der Waals surface area (Å²) >= 11 is 0. The Morgan fingerprint density at radius 2 is 2.17 bits per heavy atom. The van der Waals surface area contributed by atoms with Crippen LogP contribution in [0.15, 0.2) is 0 Å². The summed E-state index contributed by atoms with van der Waals surface area (Å²) in [5.41, 5.74) is 0.0366. The Morgan fingerprint density at radius 3 is 2.58 bits per heavy atom. The molecule has 1 unspecified atom stereocenters. The third-order valence-electron chi connectivity index (χ3n) is 2.87. The van der Waals surface area contributed by atoms with Gasteiger partial charge in [0.15, 0.2) is 0 Å². The molecular formula is C10H21NO. The first-order valence-corrected chi connectivity index (χ1v) is 4.96. The lowest BCUT2D eigenvalue weighted by Gasteiger charge is -2.26. The molecule has 1 saturated carbocycles. The fraction of sp³-hybridized carbons (Fsp3) is 1.00. The zero-order valence-corrected chi connectivity index (χ0v) is 8.52. The van der Waals surface area contributed by atoms with Gasteiger partial charge in [-0.15, -0.1) is 0 Å². The van der Waals surface area contributed by atoms with Gasteiger partial charge in [-0.25, -0.2) is 0 Å². The van der Waals surface area contributed by atoms with Gasteiger partial charge in [0.05, 0.1) is 5.60 Å². The van der Waals surface area contributed by atoms with E-state index in [1.54, 1.807) is 7.11 Å². The lowest BCUT2D eigenvalue weighted by molar-refractivity contribution is 0.00368. The van der Waals surface area contributed by atoms with Gasteiger partial charge in [-0.05, 0) is 38.6 Å². The summed E-state index contributed by atoms with van der Waals surface area (Å²) in [6.07, 6.45) is 3.91. The number of ether oxygens (including phenoxy) is 1. The molecule has 1 rings (SSSR count). The Morgan fingerprint density at radius 1 is 1.50 bits per heavy atom. The van der Waals surface area contributed by atoms with E-state index in [0.717, 1.165) is 18.9 Å². The SMILES string of the molecule is CCC(C)(CNCC1CC1)OC. The predicted molar refractivity (Wildman–Crippen MR) is 51.3 cm³/mol. The Balaban J connectivity index is 2.08. The largest absolute Gasteiger partial charge is 0.377 e. The van der Waals surface area contributed by atoms with Crippen LogP contribution in [0.1, 0.15) is 33.1 Å². The summed E-state index contributed by atoms with van der Waals surface area (Å²) in [6.45, 7) is 6.49. The zero-order valence-electron chi connectivity index (χ0n) is 8.52. The fourth-order valence-corrected chi connectivity index (χ4v) is 1.20. The van der Waals surface area contributed by atoms with Crippen molar-refractivity contribution in [3.63, 3.8) is 0 Å². The van der Waals surface area contributed by atoms with Crippen molar-refractivity contribution < 1.29 is 4.74 Å². The van der Waals surface area contributed by atoms with E-state index in [1.807, 2.05) is 0 Å². The van der Waals surface area contributed by atoms with Gasteiger partial charge >= 0.3 is 0 Å². The van der Waals surface area contributed by atoms with Gasteiger partial charge < -0.3 is 10.1 Å². The lowest BCUT2D eigenvalue weighted by atomic mass is 10.0. The van der Waals surface area contributed by atoms with Crippen LogP contribution in [0, 0.1) is 5.92 Å². The van der Waals surface area contributed by atoms with Crippen LogP contribution in [0.5, 0.6) is 0 Å². The smallest absolute Gasteiger partial charge is 0.0771 e. The topological polar surface area (TPSA) is 21.3 Å². The molecule has 12 heavy (non-hydrogen) atoms. The maximum absolute atomic E-state index is 5.43. The van der Waals surface area contributed by atoms with Crippen molar-refractivity contribution in [1.82, 2.24) is 5.32 Å². The highest BCUT2D eigenvalue weighted by Gasteiger charge is 2.24. The molecule has 1 aliphatic carbocycles. The van der Waals surface area contributed by atoms with Crippen molar-refractivity contribution in [2.75, 3.05) is 20.2 Å². The number of nitrogens with one attached hydrogen (secondary N) is 1. The van der Waals surface area contributed by atoms with Crippen molar-refractivity contribution in [2.45, 2.75) is 38.7 Å². The molecule has 0 spiro atoms. The van der Waals surface area contributed by atoms with E-state index in [1.165, 1.54) is 19.4 Å². The summed E-state index contributed by atoms with van der Waals surface area (Å²) in [4.78, 5) is 0. The summed E-state index contributed by atoms with van der Waals surface area (Å²) in [6, 6.07) is 0. The molecule has 1 N–H and O–H groups in total. The minimum atomic E-state index is 0.0366. The number of hydrogen-bond donors (Lipinski definition) is 1. The van der Waals surface area contributed by atoms with Crippen molar-refractivity contribution in [3.8, 4) is 0 Å². The van der Waals surface area contributed by atoms with Crippen LogP contribution in [0.25, 0.3) is 0 Å². The molecule has 2 heteroatoms. The minimum absolute atomic E-state index is 0.0366. The average Bonchev–Trinajstić information content (AvgIpc) is 2.88. The summed E-state index contributed by atoms with van der Waals surface area (Å²) < 4.78 is 5.43. The van der Waals surface area contributed by atoms with Gasteiger partial charge in [0.1, 0.15) is 0 Å². The molecule has 0 aliphatic heterocycles. The van der Waals surface area contributed by atoms with Crippen LogP contribution >= 0.6 is 0 Å². The predicted octanol–water partition coefficient (Wildman–Crippen LogP) is 1.80. The highest BCUT2D eigenvalue weighted by Crippen LogP contribution is 2.27. The highest BCUT2D eigenvalue weighted by molar-refractivity contribution is 4.80. The molecule has 0 aromatic heterocycles. The summed E-state index contributed by atoms with van der Waals surface area (Å²) in [7, 11) is 1.79. The summed E-state index contributed by atoms with van der Waals surface area (Å²) in [5.74, 6) is 0.961. The molecule has 1 fully saturated rings. The van der Waals surface area contributed by atoms with Crippen molar-refractivity contribution in [2.24, 2.45) is 5.92 Å². The van der Waals surface area contributed by atoms with Crippen LogP contribution in [-0.2, 0) is 4.74 Å². The number of rotatable bonds is 6. The first-order chi connectivity index (χ1) is 5.70. The second kappa shape index (κ2) is 4.24. The molecule has 1 aliphatic rings. The molecule has 0 saturated heterocycles. The molecule has 0 aromatic rings. The maximum Gasteiger partial charge on any atom is 0.0771 e. The van der Waals surface area contributed by atoms with E-state index in [2.05, 4.69) is 19.2 Å². The van der Waals surface area contributed by atoms with E-state index in [4.69, 9.17) is 4.74 Å². The van der Waals surface area contributed by atoms with Crippen LogP contribution < -0.4 is 5.32 Å². The molecule has 1 atom stereocenters. The lowest BCUT2D eigenvalue weighted by Crippen LogP contribution is -2.39. The van der Waals surface area contributed by atoms with Gasteiger partial charge in [0, 0.05) is 13.7 Å². The van der Waals surface area contributed by atoms with E-state index in [0.29, 0.717) is 0 Å². The van der Waals surface area contributed by atoms with E-state index >= 15 is 0 Å². The van der Waals surface area contributed by atoms with Gasteiger partial charge in [0.25, 0.3) is 0 Å². The molecule has 0 aromatic carbocycles. The van der Waals surface area contributed by atoms with E-state index < -0.39 is 0 Å². The molecule has 0 heterocycles. The first kappa shape index (κ1) is 10.0. The third-order valence-corrected chi connectivity index (χ3v) is 2.87. The number of hydrogen-bond acceptors (Lipinski definition) is 2. The van der Waals surface area contributed by atoms with Crippen LogP contribution in [0.3, 0.4) is 0 Å². The van der Waals surface area contributed by atoms with Gasteiger partial charge in [-0.3, -0.25) is 0 Å².